The fourth-order valence-electron chi connectivity index (χ4n) is 2.43. The van der Waals surface area contributed by atoms with Crippen LogP contribution in [0.2, 0.25) is 0 Å². The summed E-state index contributed by atoms with van der Waals surface area (Å²) in [4.78, 5) is 13.9. The molecule has 2 aromatic carbocycles. The van der Waals surface area contributed by atoms with E-state index in [9.17, 15) is 9.18 Å². The zero-order valence-electron chi connectivity index (χ0n) is 10.9. The van der Waals surface area contributed by atoms with Crippen LogP contribution in [0.25, 0.3) is 6.08 Å². The van der Waals surface area contributed by atoms with E-state index in [0.717, 1.165) is 12.1 Å². The third-order valence-corrected chi connectivity index (χ3v) is 3.46. The van der Waals surface area contributed by atoms with Crippen LogP contribution in [0.4, 0.5) is 10.1 Å². The summed E-state index contributed by atoms with van der Waals surface area (Å²) in [6.07, 6.45) is 3.83. The topological polar surface area (TPSA) is 20.3 Å². The van der Waals surface area contributed by atoms with E-state index in [1.54, 1.807) is 23.1 Å². The molecule has 0 N–H and O–H groups in total. The summed E-state index contributed by atoms with van der Waals surface area (Å²) in [5.41, 5.74) is 2.56. The number of para-hydroxylation sites is 1. The number of benzene rings is 2. The molecule has 0 saturated carbocycles. The van der Waals surface area contributed by atoms with Gasteiger partial charge in [0, 0.05) is 23.9 Å². The Balaban J connectivity index is 1.80. The maximum atomic E-state index is 13.5. The number of carbonyl (C=O) groups excluding carboxylic acids is 1. The van der Waals surface area contributed by atoms with Gasteiger partial charge in [0.05, 0.1) is 0 Å². The molecule has 0 spiro atoms. The molecule has 3 rings (SSSR count). The van der Waals surface area contributed by atoms with Gasteiger partial charge in [-0.25, -0.2) is 4.39 Å². The summed E-state index contributed by atoms with van der Waals surface area (Å²) >= 11 is 0. The minimum Gasteiger partial charge on any atom is -0.308 e. The zero-order valence-corrected chi connectivity index (χ0v) is 10.9. The molecule has 0 atom stereocenters. The van der Waals surface area contributed by atoms with Gasteiger partial charge in [0.25, 0.3) is 5.91 Å². The van der Waals surface area contributed by atoms with E-state index in [1.807, 2.05) is 24.3 Å². The summed E-state index contributed by atoms with van der Waals surface area (Å²) in [6.45, 7) is 0.680. The molecule has 2 aromatic rings. The minimum absolute atomic E-state index is 0.113. The standard InChI is InChI=1S/C17H14FNO/c18-15-7-3-1-5-13(15)9-10-17(20)19-12-11-14-6-2-4-8-16(14)19/h1-10H,11-12H2/b10-9+. The van der Waals surface area contributed by atoms with Gasteiger partial charge in [0.15, 0.2) is 0 Å². The lowest BCUT2D eigenvalue weighted by atomic mass is 10.2. The second-order valence-corrected chi connectivity index (χ2v) is 4.72. The van der Waals surface area contributed by atoms with Crippen molar-refractivity contribution in [1.82, 2.24) is 0 Å². The number of nitrogens with zero attached hydrogens (tertiary/aromatic N) is 1. The van der Waals surface area contributed by atoms with Gasteiger partial charge in [0.1, 0.15) is 5.82 Å². The lowest BCUT2D eigenvalue weighted by Gasteiger charge is -2.14. The molecule has 0 bridgehead atoms. The average Bonchev–Trinajstić information content (AvgIpc) is 2.90. The van der Waals surface area contributed by atoms with Crippen molar-refractivity contribution < 1.29 is 9.18 Å². The maximum Gasteiger partial charge on any atom is 0.251 e. The van der Waals surface area contributed by atoms with Crippen molar-refractivity contribution >= 4 is 17.7 Å². The smallest absolute Gasteiger partial charge is 0.251 e. The van der Waals surface area contributed by atoms with E-state index in [0.29, 0.717) is 12.1 Å². The molecule has 100 valence electrons. The predicted octanol–water partition coefficient (Wildman–Crippen LogP) is 3.43. The van der Waals surface area contributed by atoms with Crippen LogP contribution in [0.3, 0.4) is 0 Å². The molecular weight excluding hydrogens is 253 g/mol. The molecular formula is C17H14FNO. The minimum atomic E-state index is -0.321. The molecule has 0 radical (unpaired) electrons. The molecule has 1 aliphatic heterocycles. The summed E-state index contributed by atoms with van der Waals surface area (Å²) in [7, 11) is 0. The molecule has 1 aliphatic rings. The Labute approximate surface area is 117 Å². The maximum absolute atomic E-state index is 13.5. The number of carbonyl (C=O) groups is 1. The molecule has 0 saturated heterocycles. The molecule has 1 amide bonds. The Morgan fingerprint density at radius 3 is 2.70 bits per heavy atom. The van der Waals surface area contributed by atoms with E-state index >= 15 is 0 Å². The largest absolute Gasteiger partial charge is 0.308 e. The SMILES string of the molecule is O=C(/C=C/c1ccccc1F)N1CCc2ccccc21. The van der Waals surface area contributed by atoms with Crippen LogP contribution in [0.15, 0.2) is 54.6 Å². The third-order valence-electron chi connectivity index (χ3n) is 3.46. The summed E-state index contributed by atoms with van der Waals surface area (Å²) in [6, 6.07) is 14.3. The van der Waals surface area contributed by atoms with Crippen LogP contribution in [-0.4, -0.2) is 12.5 Å². The van der Waals surface area contributed by atoms with Gasteiger partial charge < -0.3 is 4.90 Å². The first-order chi connectivity index (χ1) is 9.75. The highest BCUT2D eigenvalue weighted by Crippen LogP contribution is 2.27. The number of hydrogen-bond acceptors (Lipinski definition) is 1. The number of fused-ring (bicyclic) bond motifs is 1. The van der Waals surface area contributed by atoms with Gasteiger partial charge in [-0.3, -0.25) is 4.79 Å². The van der Waals surface area contributed by atoms with E-state index in [4.69, 9.17) is 0 Å². The Morgan fingerprint density at radius 1 is 1.10 bits per heavy atom. The van der Waals surface area contributed by atoms with E-state index in [-0.39, 0.29) is 11.7 Å². The molecule has 0 unspecified atom stereocenters. The highest BCUT2D eigenvalue weighted by Gasteiger charge is 2.22. The first-order valence-electron chi connectivity index (χ1n) is 6.58. The number of halogens is 1. The van der Waals surface area contributed by atoms with Gasteiger partial charge in [-0.05, 0) is 30.2 Å². The molecule has 0 aromatic heterocycles. The molecule has 0 aliphatic carbocycles. The van der Waals surface area contributed by atoms with Crippen molar-refractivity contribution in [2.24, 2.45) is 0 Å². The van der Waals surface area contributed by atoms with Crippen LogP contribution in [0, 0.1) is 5.82 Å². The lowest BCUT2D eigenvalue weighted by molar-refractivity contribution is -0.114. The van der Waals surface area contributed by atoms with Crippen molar-refractivity contribution in [3.8, 4) is 0 Å². The zero-order chi connectivity index (χ0) is 13.9. The first-order valence-corrected chi connectivity index (χ1v) is 6.58. The van der Waals surface area contributed by atoms with Crippen LogP contribution in [0.1, 0.15) is 11.1 Å². The van der Waals surface area contributed by atoms with E-state index < -0.39 is 0 Å². The van der Waals surface area contributed by atoms with E-state index in [1.165, 1.54) is 23.8 Å². The normalized spacial score (nSPS) is 13.8. The van der Waals surface area contributed by atoms with E-state index in [2.05, 4.69) is 0 Å². The summed E-state index contributed by atoms with van der Waals surface area (Å²) in [5.74, 6) is -0.434. The molecule has 0 fully saturated rings. The van der Waals surface area contributed by atoms with Crippen molar-refractivity contribution in [3.05, 3.63) is 71.6 Å². The van der Waals surface area contributed by atoms with Crippen molar-refractivity contribution in [2.75, 3.05) is 11.4 Å². The van der Waals surface area contributed by atoms with Gasteiger partial charge in [-0.15, -0.1) is 0 Å². The van der Waals surface area contributed by atoms with Crippen LogP contribution in [0.5, 0.6) is 0 Å². The number of anilines is 1. The molecule has 3 heteroatoms. The predicted molar refractivity (Wildman–Crippen MR) is 77.9 cm³/mol. The van der Waals surface area contributed by atoms with Crippen molar-refractivity contribution in [3.63, 3.8) is 0 Å². The fourth-order valence-corrected chi connectivity index (χ4v) is 2.43. The molecule has 20 heavy (non-hydrogen) atoms. The van der Waals surface area contributed by atoms with Crippen molar-refractivity contribution in [2.45, 2.75) is 6.42 Å². The second kappa shape index (κ2) is 5.29. The number of hydrogen-bond donors (Lipinski definition) is 0. The Morgan fingerprint density at radius 2 is 1.85 bits per heavy atom. The highest BCUT2D eigenvalue weighted by molar-refractivity contribution is 6.05. The van der Waals surface area contributed by atoms with Crippen LogP contribution in [-0.2, 0) is 11.2 Å². The van der Waals surface area contributed by atoms with Gasteiger partial charge in [-0.1, -0.05) is 36.4 Å². The monoisotopic (exact) mass is 267 g/mol. The Kier molecular flexibility index (Phi) is 3.33. The Bertz CT molecular complexity index is 678. The van der Waals surface area contributed by atoms with Crippen molar-refractivity contribution in [1.29, 1.82) is 0 Å². The Hall–Kier alpha value is -2.42. The lowest BCUT2D eigenvalue weighted by Crippen LogP contribution is -2.26. The fraction of sp³-hybridized carbons (Fsp3) is 0.118. The first kappa shape index (κ1) is 12.6. The average molecular weight is 267 g/mol. The summed E-state index contributed by atoms with van der Waals surface area (Å²) < 4.78 is 13.5. The van der Waals surface area contributed by atoms with Gasteiger partial charge in [0.2, 0.25) is 0 Å². The highest BCUT2D eigenvalue weighted by atomic mass is 19.1. The number of amides is 1. The number of rotatable bonds is 2. The second-order valence-electron chi connectivity index (χ2n) is 4.72. The quantitative estimate of drug-likeness (QED) is 0.763. The molecule has 1 heterocycles. The van der Waals surface area contributed by atoms with Crippen LogP contribution < -0.4 is 4.90 Å². The van der Waals surface area contributed by atoms with Gasteiger partial charge >= 0.3 is 0 Å². The molecule has 2 nitrogen and oxygen atoms in total. The third kappa shape index (κ3) is 2.35. The van der Waals surface area contributed by atoms with Gasteiger partial charge in [-0.2, -0.15) is 0 Å². The summed E-state index contributed by atoms with van der Waals surface area (Å²) in [5, 5.41) is 0. The van der Waals surface area contributed by atoms with Crippen LogP contribution >= 0.6 is 0 Å².